The van der Waals surface area contributed by atoms with Gasteiger partial charge in [-0.2, -0.15) is 19.5 Å². The average Bonchev–Trinajstić information content (AvgIpc) is 2.88. The molecule has 0 aliphatic carbocycles. The Balaban J connectivity index is 2.19. The lowest BCUT2D eigenvalue weighted by Crippen LogP contribution is -2.04. The number of hydrogen-bond acceptors (Lipinski definition) is 6. The van der Waals surface area contributed by atoms with Gasteiger partial charge in [0.05, 0.1) is 0 Å². The van der Waals surface area contributed by atoms with Crippen molar-refractivity contribution in [3.63, 3.8) is 0 Å². The van der Waals surface area contributed by atoms with E-state index in [0.717, 1.165) is 21.2 Å². The topological polar surface area (TPSA) is 82.0 Å². The van der Waals surface area contributed by atoms with Gasteiger partial charge in [-0.3, -0.25) is 0 Å². The van der Waals surface area contributed by atoms with Gasteiger partial charge in [-0.1, -0.05) is 27.7 Å². The molecule has 8 heteroatoms. The van der Waals surface area contributed by atoms with Crippen LogP contribution >= 0.6 is 27.7 Å². The molecule has 3 rings (SSSR count). The molecule has 2 N–H and O–H groups in total. The van der Waals surface area contributed by atoms with Crippen LogP contribution in [-0.4, -0.2) is 30.8 Å². The number of aryl methyl sites for hydroxylation is 2. The van der Waals surface area contributed by atoms with Gasteiger partial charge in [0.25, 0.3) is 5.78 Å². The van der Waals surface area contributed by atoms with Crippen LogP contribution < -0.4 is 5.73 Å². The average molecular weight is 365 g/mol. The molecule has 0 saturated carbocycles. The Bertz CT molecular complexity index is 821. The van der Waals surface area contributed by atoms with Gasteiger partial charge in [-0.25, -0.2) is 0 Å². The summed E-state index contributed by atoms with van der Waals surface area (Å²) in [4.78, 5) is 12.9. The number of hydrogen-bond donors (Lipinski definition) is 1. The highest BCUT2D eigenvalue weighted by Crippen LogP contribution is 2.27. The minimum atomic E-state index is 0.286. The smallest absolute Gasteiger partial charge is 0.258 e. The molecule has 3 aromatic rings. The van der Waals surface area contributed by atoms with Gasteiger partial charge in [-0.05, 0) is 43.4 Å². The van der Waals surface area contributed by atoms with Crippen molar-refractivity contribution in [3.05, 3.63) is 27.7 Å². The predicted octanol–water partition coefficient (Wildman–Crippen LogP) is 2.87. The number of fused-ring (bicyclic) bond motifs is 1. The van der Waals surface area contributed by atoms with E-state index < -0.39 is 0 Å². The van der Waals surface area contributed by atoms with Crippen LogP contribution in [-0.2, 0) is 0 Å². The summed E-state index contributed by atoms with van der Waals surface area (Å²) in [7, 11) is 0. The van der Waals surface area contributed by atoms with Gasteiger partial charge < -0.3 is 5.73 Å². The van der Waals surface area contributed by atoms with Crippen LogP contribution in [0.1, 0.15) is 11.1 Å². The molecule has 1 aromatic carbocycles. The second-order valence-corrected chi connectivity index (χ2v) is 6.21. The van der Waals surface area contributed by atoms with Gasteiger partial charge in [0.15, 0.2) is 11.0 Å². The molecule has 0 atom stereocenters. The fourth-order valence-corrected chi connectivity index (χ4v) is 2.66. The quantitative estimate of drug-likeness (QED) is 0.704. The first-order valence-corrected chi connectivity index (χ1v) is 8.22. The van der Waals surface area contributed by atoms with E-state index >= 15 is 0 Å². The minimum absolute atomic E-state index is 0.286. The monoisotopic (exact) mass is 364 g/mol. The third-order valence-electron chi connectivity index (χ3n) is 3.09. The highest BCUT2D eigenvalue weighted by molar-refractivity contribution is 9.10. The lowest BCUT2D eigenvalue weighted by molar-refractivity contribution is 0.851. The minimum Gasteiger partial charge on any atom is -0.368 e. The van der Waals surface area contributed by atoms with Crippen LogP contribution in [0.15, 0.2) is 21.8 Å². The Morgan fingerprint density at radius 3 is 2.43 bits per heavy atom. The van der Waals surface area contributed by atoms with Gasteiger partial charge in [0.1, 0.15) is 0 Å². The second-order valence-electron chi connectivity index (χ2n) is 4.64. The van der Waals surface area contributed by atoms with E-state index in [1.165, 1.54) is 16.3 Å². The van der Waals surface area contributed by atoms with Gasteiger partial charge in [0, 0.05) is 10.0 Å². The van der Waals surface area contributed by atoms with Crippen LogP contribution in [0.2, 0.25) is 0 Å². The number of nitrogen functional groups attached to an aromatic ring is 1. The lowest BCUT2D eigenvalue weighted by Gasteiger charge is -2.04. The summed E-state index contributed by atoms with van der Waals surface area (Å²) in [5.41, 5.74) is 9.09. The summed E-state index contributed by atoms with van der Waals surface area (Å²) in [6, 6.07) is 4.07. The van der Waals surface area contributed by atoms with Crippen molar-refractivity contribution in [1.82, 2.24) is 24.6 Å². The van der Waals surface area contributed by atoms with E-state index in [9.17, 15) is 0 Å². The summed E-state index contributed by atoms with van der Waals surface area (Å²) in [5.74, 6) is 1.33. The first kappa shape index (κ1) is 14.3. The van der Waals surface area contributed by atoms with Crippen molar-refractivity contribution in [3.8, 4) is 11.4 Å². The van der Waals surface area contributed by atoms with Crippen molar-refractivity contribution in [2.75, 3.05) is 12.0 Å². The molecule has 2 aromatic heterocycles. The highest BCUT2D eigenvalue weighted by Gasteiger charge is 2.13. The number of rotatable bonds is 2. The number of halogens is 1. The number of nitrogens with two attached hydrogens (primary N) is 1. The fourth-order valence-electron chi connectivity index (χ4n) is 2.07. The molecule has 0 radical (unpaired) electrons. The maximum Gasteiger partial charge on any atom is 0.258 e. The van der Waals surface area contributed by atoms with Gasteiger partial charge >= 0.3 is 0 Å². The van der Waals surface area contributed by atoms with E-state index in [4.69, 9.17) is 5.73 Å². The third-order valence-corrected chi connectivity index (χ3v) is 4.89. The van der Waals surface area contributed by atoms with Gasteiger partial charge in [0.2, 0.25) is 5.95 Å². The molecule has 0 unspecified atom stereocenters. The predicted molar refractivity (Wildman–Crippen MR) is 87.4 cm³/mol. The van der Waals surface area contributed by atoms with Crippen molar-refractivity contribution in [1.29, 1.82) is 0 Å². The maximum atomic E-state index is 5.90. The molecule has 6 nitrogen and oxygen atoms in total. The lowest BCUT2D eigenvalue weighted by atomic mass is 10.1. The van der Waals surface area contributed by atoms with E-state index in [1.807, 2.05) is 32.2 Å². The summed E-state index contributed by atoms with van der Waals surface area (Å²) in [5, 5.41) is 4.99. The summed E-state index contributed by atoms with van der Waals surface area (Å²) in [6.45, 7) is 4.08. The SMILES string of the molecule is CSc1nc(N)n2nc(-c3cc(C)c(Br)c(C)c3)nc2n1. The molecule has 0 aliphatic heterocycles. The largest absolute Gasteiger partial charge is 0.368 e. The Labute approximate surface area is 134 Å². The standard InChI is InChI=1S/C13H13BrN6S/c1-6-4-8(5-7(2)9(6)14)10-16-12-18-13(21-3)17-11(15)20(12)19-10/h4-5H,1-3H3,(H2,15,16,17,18,19). The van der Waals surface area contributed by atoms with Crippen molar-refractivity contribution >= 4 is 39.4 Å². The Hall–Kier alpha value is -1.67. The summed E-state index contributed by atoms with van der Waals surface area (Å²) in [6.07, 6.45) is 1.89. The first-order valence-electron chi connectivity index (χ1n) is 6.21. The van der Waals surface area contributed by atoms with E-state index in [0.29, 0.717) is 16.8 Å². The normalized spacial score (nSPS) is 11.2. The maximum absolute atomic E-state index is 5.90. The zero-order chi connectivity index (χ0) is 15.1. The Kier molecular flexibility index (Phi) is 3.58. The molecule has 0 saturated heterocycles. The summed E-state index contributed by atoms with van der Waals surface area (Å²) >= 11 is 4.98. The van der Waals surface area contributed by atoms with Crippen LogP contribution in [0.5, 0.6) is 0 Å². The van der Waals surface area contributed by atoms with Crippen LogP contribution in [0.25, 0.3) is 17.2 Å². The van der Waals surface area contributed by atoms with Crippen LogP contribution in [0, 0.1) is 13.8 Å². The zero-order valence-electron chi connectivity index (χ0n) is 11.8. The number of anilines is 1. The second kappa shape index (κ2) is 5.27. The van der Waals surface area contributed by atoms with Crippen LogP contribution in [0.3, 0.4) is 0 Å². The molecule has 0 aliphatic rings. The van der Waals surface area contributed by atoms with E-state index in [2.05, 4.69) is 36.0 Å². The number of aromatic nitrogens is 5. The molecule has 108 valence electrons. The number of thioether (sulfide) groups is 1. The fraction of sp³-hybridized carbons (Fsp3) is 0.231. The molecule has 0 amide bonds. The van der Waals surface area contributed by atoms with Crippen molar-refractivity contribution < 1.29 is 0 Å². The zero-order valence-corrected chi connectivity index (χ0v) is 14.2. The summed E-state index contributed by atoms with van der Waals surface area (Å²) < 4.78 is 2.56. The van der Waals surface area contributed by atoms with Crippen molar-refractivity contribution in [2.24, 2.45) is 0 Å². The molecule has 0 spiro atoms. The molecular weight excluding hydrogens is 352 g/mol. The van der Waals surface area contributed by atoms with E-state index in [1.54, 1.807) is 0 Å². The molecule has 0 fully saturated rings. The Morgan fingerprint density at radius 2 is 1.81 bits per heavy atom. The third kappa shape index (κ3) is 2.49. The van der Waals surface area contributed by atoms with E-state index in [-0.39, 0.29) is 5.95 Å². The molecular formula is C13H13BrN6S. The Morgan fingerprint density at radius 1 is 1.14 bits per heavy atom. The van der Waals surface area contributed by atoms with Gasteiger partial charge in [-0.15, -0.1) is 5.10 Å². The molecule has 2 heterocycles. The number of nitrogens with zero attached hydrogens (tertiary/aromatic N) is 5. The molecule has 0 bridgehead atoms. The number of benzene rings is 1. The van der Waals surface area contributed by atoms with Crippen molar-refractivity contribution in [2.45, 2.75) is 19.0 Å². The molecule has 21 heavy (non-hydrogen) atoms. The van der Waals surface area contributed by atoms with Crippen LogP contribution in [0.4, 0.5) is 5.95 Å². The highest BCUT2D eigenvalue weighted by atomic mass is 79.9. The first-order chi connectivity index (χ1) is 9.99.